The predicted octanol–water partition coefficient (Wildman–Crippen LogP) is 0.970. The van der Waals surface area contributed by atoms with E-state index in [0.29, 0.717) is 6.54 Å². The van der Waals surface area contributed by atoms with Crippen molar-refractivity contribution in [3.8, 4) is 0 Å². The summed E-state index contributed by atoms with van der Waals surface area (Å²) in [5.74, 6) is 0.219. The molecule has 0 aromatic heterocycles. The molecule has 0 saturated carbocycles. The van der Waals surface area contributed by atoms with Crippen LogP contribution < -0.4 is 5.32 Å². The van der Waals surface area contributed by atoms with E-state index in [0.717, 1.165) is 26.1 Å². The van der Waals surface area contributed by atoms with Gasteiger partial charge in [0.1, 0.15) is 6.17 Å². The fourth-order valence-corrected chi connectivity index (χ4v) is 1.44. The molecule has 1 aliphatic rings. The Bertz CT molecular complexity index is 104. The summed E-state index contributed by atoms with van der Waals surface area (Å²) in [6.45, 7) is 1.94. The molecular weight excluding hydrogens is 145 g/mol. The summed E-state index contributed by atoms with van der Waals surface area (Å²) in [7, 11) is 1.78. The van der Waals surface area contributed by atoms with Crippen LogP contribution in [0.3, 0.4) is 0 Å². The second-order valence-electron chi connectivity index (χ2n) is 3.02. The van der Waals surface area contributed by atoms with Gasteiger partial charge in [-0.15, -0.1) is 0 Å². The van der Waals surface area contributed by atoms with Crippen molar-refractivity contribution in [2.45, 2.75) is 19.0 Å². The molecular formula is C8H16FNO. The molecule has 0 bridgehead atoms. The van der Waals surface area contributed by atoms with Crippen LogP contribution in [0.5, 0.6) is 0 Å². The normalized spacial score (nSPS) is 23.5. The van der Waals surface area contributed by atoms with Gasteiger partial charge < -0.3 is 10.1 Å². The Morgan fingerprint density at radius 1 is 1.55 bits per heavy atom. The van der Waals surface area contributed by atoms with Crippen LogP contribution in [-0.2, 0) is 4.74 Å². The molecule has 0 spiro atoms. The highest BCUT2D eigenvalue weighted by Gasteiger charge is 2.22. The highest BCUT2D eigenvalue weighted by atomic mass is 19.1. The van der Waals surface area contributed by atoms with E-state index in [-0.39, 0.29) is 5.92 Å². The molecule has 0 radical (unpaired) electrons. The molecule has 0 aromatic rings. The van der Waals surface area contributed by atoms with Gasteiger partial charge in [-0.25, -0.2) is 4.39 Å². The third-order valence-corrected chi connectivity index (χ3v) is 2.18. The van der Waals surface area contributed by atoms with Crippen molar-refractivity contribution >= 4 is 0 Å². The fourth-order valence-electron chi connectivity index (χ4n) is 1.44. The van der Waals surface area contributed by atoms with E-state index in [1.807, 2.05) is 0 Å². The lowest BCUT2D eigenvalue weighted by molar-refractivity contribution is 0.0374. The fraction of sp³-hybridized carbons (Fsp3) is 1.00. The molecule has 2 nitrogen and oxygen atoms in total. The zero-order chi connectivity index (χ0) is 8.10. The lowest BCUT2D eigenvalue weighted by atomic mass is 9.95. The lowest BCUT2D eigenvalue weighted by Crippen LogP contribution is -2.31. The van der Waals surface area contributed by atoms with Gasteiger partial charge in [-0.2, -0.15) is 0 Å². The minimum absolute atomic E-state index is 0.219. The van der Waals surface area contributed by atoms with Gasteiger partial charge in [0.2, 0.25) is 0 Å². The Morgan fingerprint density at radius 3 is 2.73 bits per heavy atom. The van der Waals surface area contributed by atoms with Crippen LogP contribution in [0.1, 0.15) is 12.8 Å². The second-order valence-corrected chi connectivity index (χ2v) is 3.02. The van der Waals surface area contributed by atoms with Gasteiger partial charge in [0.05, 0.1) is 0 Å². The zero-order valence-electron chi connectivity index (χ0n) is 6.98. The standard InChI is InChI=1S/C8H16FNO/c1-10-6-8(9)7-2-4-11-5-3-7/h7-8,10H,2-6H2,1H3/t8-/m1/s1. The summed E-state index contributed by atoms with van der Waals surface area (Å²) in [5.41, 5.74) is 0. The molecule has 1 atom stereocenters. The summed E-state index contributed by atoms with van der Waals surface area (Å²) < 4.78 is 18.3. The quantitative estimate of drug-likeness (QED) is 0.666. The Hall–Kier alpha value is -0.150. The minimum Gasteiger partial charge on any atom is -0.381 e. The largest absolute Gasteiger partial charge is 0.381 e. The van der Waals surface area contributed by atoms with Gasteiger partial charge in [0.25, 0.3) is 0 Å². The maximum Gasteiger partial charge on any atom is 0.115 e. The highest BCUT2D eigenvalue weighted by Crippen LogP contribution is 2.20. The molecule has 0 unspecified atom stereocenters. The van der Waals surface area contributed by atoms with Gasteiger partial charge in [0.15, 0.2) is 0 Å². The van der Waals surface area contributed by atoms with E-state index in [1.54, 1.807) is 7.05 Å². The first-order valence-electron chi connectivity index (χ1n) is 4.21. The van der Waals surface area contributed by atoms with Crippen LogP contribution in [0.15, 0.2) is 0 Å². The zero-order valence-corrected chi connectivity index (χ0v) is 6.98. The van der Waals surface area contributed by atoms with Crippen LogP contribution in [-0.4, -0.2) is 33.0 Å². The molecule has 0 aliphatic carbocycles. The smallest absolute Gasteiger partial charge is 0.115 e. The van der Waals surface area contributed by atoms with E-state index in [2.05, 4.69) is 5.32 Å². The summed E-state index contributed by atoms with van der Waals surface area (Å²) in [6.07, 6.45) is 1.06. The Labute approximate surface area is 67.1 Å². The molecule has 1 saturated heterocycles. The molecule has 66 valence electrons. The molecule has 1 heterocycles. The number of alkyl halides is 1. The number of hydrogen-bond acceptors (Lipinski definition) is 2. The van der Waals surface area contributed by atoms with Gasteiger partial charge >= 0.3 is 0 Å². The van der Waals surface area contributed by atoms with Gasteiger partial charge in [-0.05, 0) is 25.8 Å². The number of ether oxygens (including phenoxy) is 1. The summed E-state index contributed by atoms with van der Waals surface area (Å²) >= 11 is 0. The minimum atomic E-state index is -0.691. The summed E-state index contributed by atoms with van der Waals surface area (Å²) in [6, 6.07) is 0. The topological polar surface area (TPSA) is 21.3 Å². The molecule has 11 heavy (non-hydrogen) atoms. The first-order valence-corrected chi connectivity index (χ1v) is 4.21. The van der Waals surface area contributed by atoms with Crippen molar-refractivity contribution in [3.63, 3.8) is 0 Å². The van der Waals surface area contributed by atoms with Crippen LogP contribution in [0, 0.1) is 5.92 Å². The van der Waals surface area contributed by atoms with Crippen molar-refractivity contribution < 1.29 is 9.13 Å². The van der Waals surface area contributed by atoms with E-state index in [9.17, 15) is 4.39 Å². The SMILES string of the molecule is CNC[C@@H](F)C1CCOCC1. The van der Waals surface area contributed by atoms with Crippen molar-refractivity contribution in [2.24, 2.45) is 5.92 Å². The first kappa shape index (κ1) is 8.94. The number of halogens is 1. The number of hydrogen-bond donors (Lipinski definition) is 1. The molecule has 1 fully saturated rings. The van der Waals surface area contributed by atoms with Crippen molar-refractivity contribution in [2.75, 3.05) is 26.8 Å². The maximum absolute atomic E-state index is 13.2. The van der Waals surface area contributed by atoms with E-state index >= 15 is 0 Å². The van der Waals surface area contributed by atoms with Crippen LogP contribution in [0.4, 0.5) is 4.39 Å². The Morgan fingerprint density at radius 2 is 2.18 bits per heavy atom. The molecule has 0 amide bonds. The molecule has 1 rings (SSSR count). The highest BCUT2D eigenvalue weighted by molar-refractivity contribution is 4.73. The third kappa shape index (κ3) is 2.75. The lowest BCUT2D eigenvalue weighted by Gasteiger charge is -2.24. The van der Waals surface area contributed by atoms with Gasteiger partial charge in [-0.3, -0.25) is 0 Å². The molecule has 1 N–H and O–H groups in total. The molecule has 0 aromatic carbocycles. The second kappa shape index (κ2) is 4.67. The summed E-state index contributed by atoms with van der Waals surface area (Å²) in [5, 5.41) is 2.85. The average Bonchev–Trinajstić information content (AvgIpc) is 2.07. The van der Waals surface area contributed by atoms with Crippen molar-refractivity contribution in [3.05, 3.63) is 0 Å². The van der Waals surface area contributed by atoms with E-state index in [1.165, 1.54) is 0 Å². The molecule has 1 aliphatic heterocycles. The average molecular weight is 161 g/mol. The van der Waals surface area contributed by atoms with Crippen LogP contribution in [0.2, 0.25) is 0 Å². The number of nitrogens with one attached hydrogen (secondary N) is 1. The van der Waals surface area contributed by atoms with Gasteiger partial charge in [-0.1, -0.05) is 0 Å². The van der Waals surface area contributed by atoms with Gasteiger partial charge in [0, 0.05) is 19.8 Å². The van der Waals surface area contributed by atoms with Crippen LogP contribution in [0.25, 0.3) is 0 Å². The van der Waals surface area contributed by atoms with Crippen LogP contribution >= 0.6 is 0 Å². The molecule has 3 heteroatoms. The summed E-state index contributed by atoms with van der Waals surface area (Å²) in [4.78, 5) is 0. The Balaban J connectivity index is 2.21. The van der Waals surface area contributed by atoms with Crippen molar-refractivity contribution in [1.82, 2.24) is 5.32 Å². The third-order valence-electron chi connectivity index (χ3n) is 2.18. The van der Waals surface area contributed by atoms with Crippen molar-refractivity contribution in [1.29, 1.82) is 0 Å². The van der Waals surface area contributed by atoms with E-state index in [4.69, 9.17) is 4.74 Å². The monoisotopic (exact) mass is 161 g/mol. The van der Waals surface area contributed by atoms with E-state index < -0.39 is 6.17 Å². The Kier molecular flexibility index (Phi) is 3.80. The maximum atomic E-state index is 13.2. The number of rotatable bonds is 3. The predicted molar refractivity (Wildman–Crippen MR) is 42.4 cm³/mol. The first-order chi connectivity index (χ1) is 5.34.